The zero-order valence-electron chi connectivity index (χ0n) is 11.6. The molecule has 0 aromatic heterocycles. The highest BCUT2D eigenvalue weighted by Crippen LogP contribution is 2.25. The summed E-state index contributed by atoms with van der Waals surface area (Å²) in [5.74, 6) is -3.06. The Balaban J connectivity index is 2.25. The highest BCUT2D eigenvalue weighted by atomic mass is 28.3. The van der Waals surface area contributed by atoms with Crippen molar-refractivity contribution in [3.63, 3.8) is 0 Å². The SMILES string of the molecule is CO[Si](Cc1ccc(-c2cc(F)c(F)cc2F)cc1)OC. The van der Waals surface area contributed by atoms with Crippen molar-refractivity contribution >= 4 is 9.28 Å². The maximum Gasteiger partial charge on any atom is 0.388 e. The summed E-state index contributed by atoms with van der Waals surface area (Å²) in [4.78, 5) is 0. The number of hydrogen-bond acceptors (Lipinski definition) is 2. The van der Waals surface area contributed by atoms with Crippen LogP contribution < -0.4 is 0 Å². The van der Waals surface area contributed by atoms with Crippen LogP contribution in [0, 0.1) is 17.5 Å². The minimum atomic E-state index is -1.36. The largest absolute Gasteiger partial charge is 0.397 e. The van der Waals surface area contributed by atoms with Gasteiger partial charge in [-0.2, -0.15) is 0 Å². The van der Waals surface area contributed by atoms with Crippen molar-refractivity contribution in [2.75, 3.05) is 14.2 Å². The first-order valence-electron chi connectivity index (χ1n) is 6.22. The Labute approximate surface area is 123 Å². The van der Waals surface area contributed by atoms with E-state index in [-0.39, 0.29) is 5.56 Å². The molecule has 6 heteroatoms. The summed E-state index contributed by atoms with van der Waals surface area (Å²) in [5.41, 5.74) is 1.49. The van der Waals surface area contributed by atoms with Gasteiger partial charge in [0.2, 0.25) is 0 Å². The second-order valence-corrected chi connectivity index (χ2v) is 6.31. The molecule has 2 aromatic rings. The Morgan fingerprint density at radius 1 is 0.857 bits per heavy atom. The average molecular weight is 311 g/mol. The predicted octanol–water partition coefficient (Wildman–Crippen LogP) is 3.63. The molecule has 0 aliphatic heterocycles. The second kappa shape index (κ2) is 6.88. The van der Waals surface area contributed by atoms with E-state index in [1.807, 2.05) is 0 Å². The molecule has 1 radical (unpaired) electrons. The third-order valence-corrected chi connectivity index (χ3v) is 4.69. The molecule has 0 spiro atoms. The molecular weight excluding hydrogens is 297 g/mol. The molecule has 0 heterocycles. The molecule has 0 aliphatic carbocycles. The van der Waals surface area contributed by atoms with Crippen molar-refractivity contribution in [3.8, 4) is 11.1 Å². The summed E-state index contributed by atoms with van der Waals surface area (Å²) < 4.78 is 50.2. The minimum Gasteiger partial charge on any atom is -0.397 e. The molecule has 0 aliphatic rings. The van der Waals surface area contributed by atoms with Crippen molar-refractivity contribution in [2.45, 2.75) is 6.04 Å². The lowest BCUT2D eigenvalue weighted by Gasteiger charge is -2.10. The lowest BCUT2D eigenvalue weighted by Crippen LogP contribution is -2.22. The van der Waals surface area contributed by atoms with Crippen LogP contribution in [0.25, 0.3) is 11.1 Å². The molecule has 2 nitrogen and oxygen atoms in total. The van der Waals surface area contributed by atoms with Gasteiger partial charge in [0.15, 0.2) is 11.6 Å². The fourth-order valence-corrected chi connectivity index (χ4v) is 2.96. The highest BCUT2D eigenvalue weighted by molar-refractivity contribution is 6.43. The summed E-state index contributed by atoms with van der Waals surface area (Å²) in [6.45, 7) is 0. The van der Waals surface area contributed by atoms with Gasteiger partial charge in [-0.25, -0.2) is 13.2 Å². The van der Waals surface area contributed by atoms with Crippen molar-refractivity contribution < 1.29 is 22.0 Å². The van der Waals surface area contributed by atoms with Crippen molar-refractivity contribution in [1.29, 1.82) is 0 Å². The molecule has 0 saturated carbocycles. The molecule has 2 rings (SSSR count). The van der Waals surface area contributed by atoms with Crippen LogP contribution in [0.1, 0.15) is 5.56 Å². The van der Waals surface area contributed by atoms with E-state index >= 15 is 0 Å². The van der Waals surface area contributed by atoms with Gasteiger partial charge in [-0.1, -0.05) is 24.3 Å². The molecule has 0 saturated heterocycles. The quantitative estimate of drug-likeness (QED) is 0.620. The fraction of sp³-hybridized carbons (Fsp3) is 0.200. The molecule has 0 unspecified atom stereocenters. The average Bonchev–Trinajstić information content (AvgIpc) is 2.49. The Morgan fingerprint density at radius 3 is 2.00 bits per heavy atom. The molecule has 0 N–H and O–H groups in total. The third kappa shape index (κ3) is 3.72. The van der Waals surface area contributed by atoms with Crippen molar-refractivity contribution in [1.82, 2.24) is 0 Å². The van der Waals surface area contributed by atoms with Crippen LogP contribution in [0.15, 0.2) is 36.4 Å². The Kier molecular flexibility index (Phi) is 5.16. The molecule has 111 valence electrons. The van der Waals surface area contributed by atoms with E-state index in [1.165, 1.54) is 0 Å². The van der Waals surface area contributed by atoms with Gasteiger partial charge in [0.1, 0.15) is 5.82 Å². The van der Waals surface area contributed by atoms with E-state index < -0.39 is 26.7 Å². The maximum absolute atomic E-state index is 13.7. The minimum absolute atomic E-state index is 0.0319. The van der Waals surface area contributed by atoms with Gasteiger partial charge in [-0.05, 0) is 17.2 Å². The van der Waals surface area contributed by atoms with Crippen molar-refractivity contribution in [3.05, 3.63) is 59.4 Å². The van der Waals surface area contributed by atoms with Crippen LogP contribution in [0.2, 0.25) is 0 Å². The normalized spacial score (nSPS) is 11.1. The monoisotopic (exact) mass is 311 g/mol. The number of rotatable bonds is 5. The van der Waals surface area contributed by atoms with E-state index in [0.29, 0.717) is 17.7 Å². The first-order valence-corrected chi connectivity index (χ1v) is 7.75. The smallest absolute Gasteiger partial charge is 0.388 e. The first kappa shape index (κ1) is 15.8. The van der Waals surface area contributed by atoms with Crippen LogP contribution in [-0.4, -0.2) is 23.5 Å². The number of benzene rings is 2. The Morgan fingerprint density at radius 2 is 1.43 bits per heavy atom. The number of hydrogen-bond donors (Lipinski definition) is 0. The van der Waals surface area contributed by atoms with Crippen LogP contribution >= 0.6 is 0 Å². The second-order valence-electron chi connectivity index (χ2n) is 4.40. The van der Waals surface area contributed by atoms with Gasteiger partial charge < -0.3 is 8.85 Å². The molecule has 0 atom stereocenters. The van der Waals surface area contributed by atoms with E-state index in [2.05, 4.69) is 0 Å². The van der Waals surface area contributed by atoms with Gasteiger partial charge in [0.25, 0.3) is 0 Å². The van der Waals surface area contributed by atoms with E-state index in [1.54, 1.807) is 38.5 Å². The Bertz CT molecular complexity index is 613. The van der Waals surface area contributed by atoms with Gasteiger partial charge in [0.05, 0.1) is 0 Å². The zero-order chi connectivity index (χ0) is 15.4. The number of halogens is 3. The lowest BCUT2D eigenvalue weighted by atomic mass is 10.0. The van der Waals surface area contributed by atoms with Gasteiger partial charge in [0, 0.05) is 31.9 Å². The van der Waals surface area contributed by atoms with Crippen LogP contribution in [0.3, 0.4) is 0 Å². The summed E-state index contributed by atoms with van der Waals surface area (Å²) in [7, 11) is 1.82. The Hall–Kier alpha value is -1.63. The van der Waals surface area contributed by atoms with Gasteiger partial charge in [-0.15, -0.1) is 0 Å². The maximum atomic E-state index is 13.7. The molecule has 0 amide bonds. The standard InChI is InChI=1S/C15H14F3O2Si/c1-19-21(20-2)9-10-3-5-11(6-4-10)12-7-14(17)15(18)8-13(12)16/h3-8H,9H2,1-2H3. The van der Waals surface area contributed by atoms with Crippen LogP contribution in [0.4, 0.5) is 13.2 Å². The van der Waals surface area contributed by atoms with E-state index in [9.17, 15) is 13.2 Å². The first-order chi connectivity index (χ1) is 10.0. The topological polar surface area (TPSA) is 18.5 Å². The third-order valence-electron chi connectivity index (χ3n) is 3.08. The van der Waals surface area contributed by atoms with Crippen molar-refractivity contribution in [2.24, 2.45) is 0 Å². The summed E-state index contributed by atoms with van der Waals surface area (Å²) >= 11 is 0. The predicted molar refractivity (Wildman–Crippen MR) is 75.2 cm³/mol. The van der Waals surface area contributed by atoms with E-state index in [4.69, 9.17) is 8.85 Å². The summed E-state index contributed by atoms with van der Waals surface area (Å²) in [6.07, 6.45) is 0. The molecule has 0 fully saturated rings. The van der Waals surface area contributed by atoms with E-state index in [0.717, 1.165) is 11.6 Å². The molecule has 0 bridgehead atoms. The zero-order valence-corrected chi connectivity index (χ0v) is 12.6. The summed E-state index contributed by atoms with van der Waals surface area (Å²) in [5, 5.41) is 0. The molecular formula is C15H14F3O2Si. The van der Waals surface area contributed by atoms with Gasteiger partial charge in [-0.3, -0.25) is 0 Å². The highest BCUT2D eigenvalue weighted by Gasteiger charge is 2.14. The van der Waals surface area contributed by atoms with Crippen LogP contribution in [0.5, 0.6) is 0 Å². The molecule has 21 heavy (non-hydrogen) atoms. The fourth-order valence-electron chi connectivity index (χ4n) is 1.94. The lowest BCUT2D eigenvalue weighted by molar-refractivity contribution is 0.277. The summed E-state index contributed by atoms with van der Waals surface area (Å²) in [6, 6.07) is 8.95. The van der Waals surface area contributed by atoms with Crippen LogP contribution in [-0.2, 0) is 14.9 Å². The van der Waals surface area contributed by atoms with Gasteiger partial charge >= 0.3 is 9.28 Å². The molecule has 2 aromatic carbocycles.